The molecule has 0 aliphatic carbocycles. The van der Waals surface area contributed by atoms with Crippen LogP contribution in [0.2, 0.25) is 4.34 Å². The Morgan fingerprint density at radius 2 is 2.21 bits per heavy atom. The van der Waals surface area contributed by atoms with Gasteiger partial charge in [-0.05, 0) is 6.07 Å². The minimum Gasteiger partial charge on any atom is -0.477 e. The number of aliphatic carboxylic acids is 1. The molecule has 0 bridgehead atoms. The number of halogens is 1. The molecule has 18 heteroatoms. The van der Waals surface area contributed by atoms with Gasteiger partial charge >= 0.3 is 5.97 Å². The quantitative estimate of drug-likeness (QED) is 0.116. The number of nitrogens with two attached hydrogens (primary N) is 2. The Labute approximate surface area is 235 Å². The van der Waals surface area contributed by atoms with Gasteiger partial charge in [-0.15, -0.1) is 11.8 Å². The number of carbonyl (C=O) groups is 3. The number of β-lactam (4-membered cyclic amide) rings is 1. The Hall–Kier alpha value is -2.70. The van der Waals surface area contributed by atoms with Crippen molar-refractivity contribution in [3.63, 3.8) is 0 Å². The normalized spacial score (nSPS) is 21.0. The fraction of sp³-hybridized carbons (Fsp3) is 0.300. The van der Waals surface area contributed by atoms with Crippen molar-refractivity contribution in [2.75, 3.05) is 17.2 Å². The van der Waals surface area contributed by atoms with E-state index in [-0.39, 0.29) is 26.6 Å². The van der Waals surface area contributed by atoms with Gasteiger partial charge in [-0.25, -0.2) is 9.78 Å². The van der Waals surface area contributed by atoms with Gasteiger partial charge in [0.1, 0.15) is 32.5 Å². The monoisotopic (exact) mass is 617 g/mol. The van der Waals surface area contributed by atoms with E-state index in [1.54, 1.807) is 13.0 Å². The highest BCUT2D eigenvalue weighted by atomic mass is 35.5. The second-order valence-electron chi connectivity index (χ2n) is 7.67. The average Bonchev–Trinajstić information content (AvgIpc) is 3.23. The lowest BCUT2D eigenvalue weighted by molar-refractivity contribution is -0.150. The molecule has 2 aliphatic heterocycles. The topological polar surface area (TPSA) is 214 Å². The molecule has 202 valence electrons. The van der Waals surface area contributed by atoms with Crippen LogP contribution in [-0.4, -0.2) is 75.8 Å². The standard InChI is InChI=1S/C20H20ClN7O6S4/c1-2-38(34)15(22)7-5-24-4-3-8(7)36-9-6-35-18-12(17(30)28(18)13(9)19(31)32)25-16(29)11(27-33)10-14(21)37-20(23)26-10/h3-5,12,15,18,33H,2,6,22H2,1H3,(H2,23,26)(H,25,29)(H,31,32)/b27-11-/t12-,15?,18+,38?/m1/s1. The summed E-state index contributed by atoms with van der Waals surface area (Å²) in [5, 5.41) is 23.3. The Bertz CT molecular complexity index is 1400. The van der Waals surface area contributed by atoms with Crippen molar-refractivity contribution < 1.29 is 28.9 Å². The first-order valence-corrected chi connectivity index (χ1v) is 15.1. The predicted molar refractivity (Wildman–Crippen MR) is 145 cm³/mol. The van der Waals surface area contributed by atoms with Gasteiger partial charge in [0, 0.05) is 50.1 Å². The van der Waals surface area contributed by atoms with E-state index in [0.717, 1.165) is 28.0 Å². The van der Waals surface area contributed by atoms with Crippen LogP contribution in [0.3, 0.4) is 0 Å². The number of rotatable bonds is 9. The summed E-state index contributed by atoms with van der Waals surface area (Å²) in [5.74, 6) is -2.38. The molecule has 0 radical (unpaired) electrons. The van der Waals surface area contributed by atoms with Gasteiger partial charge in [0.2, 0.25) is 0 Å². The van der Waals surface area contributed by atoms with Crippen LogP contribution in [0.1, 0.15) is 23.6 Å². The summed E-state index contributed by atoms with van der Waals surface area (Å²) in [6, 6.07) is 0.556. The molecule has 2 aromatic heterocycles. The first-order chi connectivity index (χ1) is 18.1. The molecule has 4 heterocycles. The molecule has 0 spiro atoms. The summed E-state index contributed by atoms with van der Waals surface area (Å²) < 4.78 is 12.3. The van der Waals surface area contributed by atoms with Crippen LogP contribution >= 0.6 is 46.5 Å². The molecule has 2 amide bonds. The first kappa shape index (κ1) is 28.3. The third-order valence-corrected chi connectivity index (χ3v) is 10.6. The maximum absolute atomic E-state index is 13.0. The third-order valence-electron chi connectivity index (χ3n) is 5.48. The predicted octanol–water partition coefficient (Wildman–Crippen LogP) is 1.17. The number of nitrogens with zero attached hydrogens (tertiary/aromatic N) is 4. The smallest absolute Gasteiger partial charge is 0.353 e. The molecule has 13 nitrogen and oxygen atoms in total. The molecule has 2 unspecified atom stereocenters. The molecule has 0 saturated carbocycles. The van der Waals surface area contributed by atoms with Crippen LogP contribution < -0.4 is 16.8 Å². The highest BCUT2D eigenvalue weighted by Crippen LogP contribution is 2.46. The minimum atomic E-state index is -1.36. The third kappa shape index (κ3) is 5.26. The van der Waals surface area contributed by atoms with Gasteiger partial charge in [-0.3, -0.25) is 23.7 Å². The number of oxime groups is 1. The minimum absolute atomic E-state index is 0.0230. The summed E-state index contributed by atoms with van der Waals surface area (Å²) in [4.78, 5) is 48.0. The molecule has 4 rings (SSSR count). The zero-order chi connectivity index (χ0) is 27.7. The van der Waals surface area contributed by atoms with Crippen molar-refractivity contribution >= 4 is 85.9 Å². The lowest BCUT2D eigenvalue weighted by Crippen LogP contribution is -2.71. The number of hydrogen-bond donors (Lipinski definition) is 5. The first-order valence-electron chi connectivity index (χ1n) is 10.7. The Morgan fingerprint density at radius 3 is 2.82 bits per heavy atom. The van der Waals surface area contributed by atoms with Gasteiger partial charge in [-0.1, -0.05) is 46.8 Å². The number of nitrogen functional groups attached to an aromatic ring is 1. The van der Waals surface area contributed by atoms with Crippen molar-refractivity contribution in [2.45, 2.75) is 28.6 Å². The van der Waals surface area contributed by atoms with E-state index >= 15 is 0 Å². The molecule has 2 aromatic rings. The number of hydrogen-bond acceptors (Lipinski definition) is 13. The number of carbonyl (C=O) groups excluding carboxylic acids is 2. The molecular formula is C20H20ClN7O6S4. The van der Waals surface area contributed by atoms with Gasteiger partial charge in [0.25, 0.3) is 11.8 Å². The van der Waals surface area contributed by atoms with Gasteiger partial charge in [-0.2, -0.15) is 0 Å². The van der Waals surface area contributed by atoms with Crippen LogP contribution in [0.4, 0.5) is 5.13 Å². The Kier molecular flexibility index (Phi) is 8.63. The number of thioether (sulfide) groups is 2. The van der Waals surface area contributed by atoms with Crippen molar-refractivity contribution in [2.24, 2.45) is 10.9 Å². The SMILES string of the molecule is CCS(=O)C(N)c1cnccc1SC1=C(C(=O)O)N2C(=O)[C@@H](NC(=O)/C(=N\O)c3nc(N)sc3Cl)[C@@H]2SC1. The summed E-state index contributed by atoms with van der Waals surface area (Å²) in [7, 11) is -1.36. The number of nitrogens with one attached hydrogen (secondary N) is 1. The number of carboxylic acids is 1. The highest BCUT2D eigenvalue weighted by Gasteiger charge is 2.54. The maximum atomic E-state index is 13.0. The number of fused-ring (bicyclic) bond motifs is 1. The molecule has 1 saturated heterocycles. The summed E-state index contributed by atoms with van der Waals surface area (Å²) in [6.45, 7) is 1.74. The summed E-state index contributed by atoms with van der Waals surface area (Å²) >= 11 is 9.23. The average molecular weight is 618 g/mol. The fourth-order valence-corrected chi connectivity index (χ4v) is 8.14. The van der Waals surface area contributed by atoms with E-state index in [0.29, 0.717) is 21.1 Å². The van der Waals surface area contributed by atoms with Gasteiger partial charge in [0.05, 0.1) is 0 Å². The van der Waals surface area contributed by atoms with Crippen molar-refractivity contribution in [1.82, 2.24) is 20.2 Å². The number of pyridine rings is 1. The van der Waals surface area contributed by atoms with E-state index in [1.165, 1.54) is 24.2 Å². The molecule has 0 aromatic carbocycles. The van der Waals surface area contributed by atoms with Crippen LogP contribution in [0.5, 0.6) is 0 Å². The second-order valence-corrected chi connectivity index (χ2v) is 13.4. The number of anilines is 1. The zero-order valence-electron chi connectivity index (χ0n) is 19.4. The Balaban J connectivity index is 1.56. The van der Waals surface area contributed by atoms with Gasteiger partial charge < -0.3 is 27.1 Å². The molecule has 2 aliphatic rings. The maximum Gasteiger partial charge on any atom is 0.353 e. The lowest BCUT2D eigenvalue weighted by atomic mass is 10.0. The van der Waals surface area contributed by atoms with E-state index in [1.807, 2.05) is 0 Å². The molecule has 7 N–H and O–H groups in total. The number of aromatic nitrogens is 2. The van der Waals surface area contributed by atoms with Crippen LogP contribution in [-0.2, 0) is 25.2 Å². The lowest BCUT2D eigenvalue weighted by Gasteiger charge is -2.49. The van der Waals surface area contributed by atoms with Crippen molar-refractivity contribution in [3.8, 4) is 0 Å². The second kappa shape index (κ2) is 11.6. The summed E-state index contributed by atoms with van der Waals surface area (Å²) in [6.07, 6.45) is 3.00. The van der Waals surface area contributed by atoms with Gasteiger partial charge in [0.15, 0.2) is 10.8 Å². The van der Waals surface area contributed by atoms with Crippen LogP contribution in [0, 0.1) is 0 Å². The van der Waals surface area contributed by atoms with E-state index in [9.17, 15) is 28.9 Å². The van der Waals surface area contributed by atoms with E-state index in [2.05, 4.69) is 20.4 Å². The van der Waals surface area contributed by atoms with E-state index < -0.39 is 51.1 Å². The molecule has 4 atom stereocenters. The molecular weight excluding hydrogens is 598 g/mol. The van der Waals surface area contributed by atoms with Crippen LogP contribution in [0.15, 0.2) is 39.1 Å². The molecule has 1 fully saturated rings. The van der Waals surface area contributed by atoms with Crippen molar-refractivity contribution in [3.05, 3.63) is 44.7 Å². The van der Waals surface area contributed by atoms with E-state index in [4.69, 9.17) is 23.1 Å². The Morgan fingerprint density at radius 1 is 1.47 bits per heavy atom. The summed E-state index contributed by atoms with van der Waals surface area (Å²) in [5.41, 5.74) is 11.3. The molecule has 38 heavy (non-hydrogen) atoms. The highest BCUT2D eigenvalue weighted by molar-refractivity contribution is 8.06. The fourth-order valence-electron chi connectivity index (χ4n) is 3.70. The largest absolute Gasteiger partial charge is 0.477 e. The van der Waals surface area contributed by atoms with Crippen LogP contribution in [0.25, 0.3) is 0 Å². The number of amides is 2. The number of carboxylic acid groups (broad SMARTS) is 1. The van der Waals surface area contributed by atoms with Crippen molar-refractivity contribution in [1.29, 1.82) is 0 Å². The zero-order valence-corrected chi connectivity index (χ0v) is 23.4. The number of thiazole rings is 1.